The summed E-state index contributed by atoms with van der Waals surface area (Å²) in [5, 5.41) is 0. The van der Waals surface area contributed by atoms with Gasteiger partial charge in [0.05, 0.1) is 0 Å². The van der Waals surface area contributed by atoms with E-state index < -0.39 is 0 Å². The van der Waals surface area contributed by atoms with Gasteiger partial charge in [0, 0.05) is 5.92 Å². The van der Waals surface area contributed by atoms with Crippen LogP contribution in [0.2, 0.25) is 0 Å². The molecule has 3 rings (SSSR count). The molecule has 0 bridgehead atoms. The van der Waals surface area contributed by atoms with Crippen molar-refractivity contribution < 1.29 is 0 Å². The molecule has 0 radical (unpaired) electrons. The van der Waals surface area contributed by atoms with Crippen LogP contribution in [0.5, 0.6) is 0 Å². The second-order valence-corrected chi connectivity index (χ2v) is 6.01. The van der Waals surface area contributed by atoms with Gasteiger partial charge in [-0.1, -0.05) is 91.7 Å². The van der Waals surface area contributed by atoms with E-state index in [1.165, 1.54) is 30.4 Å². The Morgan fingerprint density at radius 2 is 1.45 bits per heavy atom. The maximum Gasteiger partial charge on any atom is 0.0307 e. The van der Waals surface area contributed by atoms with Gasteiger partial charge in [0.25, 0.3) is 0 Å². The third-order valence-electron chi connectivity index (χ3n) is 4.48. The maximum absolute atomic E-state index is 2.35. The molecule has 1 aliphatic carbocycles. The minimum absolute atomic E-state index is 0.393. The van der Waals surface area contributed by atoms with Gasteiger partial charge in [-0.25, -0.2) is 0 Å². The maximum atomic E-state index is 2.35. The monoisotopic (exact) mass is 288 g/mol. The number of benzene rings is 2. The minimum Gasteiger partial charge on any atom is -0.0801 e. The molecule has 0 heterocycles. The first-order valence-electron chi connectivity index (χ1n) is 8.38. The lowest BCUT2D eigenvalue weighted by Gasteiger charge is -2.22. The highest BCUT2D eigenvalue weighted by molar-refractivity contribution is 5.48. The van der Waals surface area contributed by atoms with Crippen LogP contribution in [0.25, 0.3) is 0 Å². The molecule has 0 heteroatoms. The summed E-state index contributed by atoms with van der Waals surface area (Å²) >= 11 is 0. The van der Waals surface area contributed by atoms with Crippen LogP contribution in [0, 0.1) is 0 Å². The molecule has 0 aliphatic heterocycles. The van der Waals surface area contributed by atoms with E-state index in [-0.39, 0.29) is 0 Å². The summed E-state index contributed by atoms with van der Waals surface area (Å²) < 4.78 is 0. The van der Waals surface area contributed by atoms with Gasteiger partial charge in [0.15, 0.2) is 0 Å². The summed E-state index contributed by atoms with van der Waals surface area (Å²) in [6.45, 7) is 2.27. The summed E-state index contributed by atoms with van der Waals surface area (Å²) in [6, 6.07) is 21.9. The Kier molecular flexibility index (Phi) is 4.90. The van der Waals surface area contributed by atoms with E-state index in [1.54, 1.807) is 11.1 Å². The number of rotatable bonds is 6. The van der Waals surface area contributed by atoms with E-state index in [4.69, 9.17) is 0 Å². The topological polar surface area (TPSA) is 0 Å². The number of unbranched alkanes of at least 4 members (excludes halogenated alkanes) is 1. The fourth-order valence-corrected chi connectivity index (χ4v) is 3.37. The molecule has 0 fully saturated rings. The summed E-state index contributed by atoms with van der Waals surface area (Å²) in [5.41, 5.74) is 5.95. The predicted octanol–water partition coefficient (Wildman–Crippen LogP) is 6.27. The van der Waals surface area contributed by atoms with Crippen LogP contribution in [0.3, 0.4) is 0 Å². The van der Waals surface area contributed by atoms with Crippen LogP contribution in [0.1, 0.15) is 49.7 Å². The lowest BCUT2D eigenvalue weighted by molar-refractivity contribution is 0.782. The van der Waals surface area contributed by atoms with Gasteiger partial charge in [-0.3, -0.25) is 0 Å². The van der Waals surface area contributed by atoms with Gasteiger partial charge >= 0.3 is 0 Å². The molecule has 0 aromatic heterocycles. The highest BCUT2D eigenvalue weighted by atomic mass is 14.3. The predicted molar refractivity (Wildman–Crippen MR) is 95.0 cm³/mol. The van der Waals surface area contributed by atoms with Gasteiger partial charge in [0.1, 0.15) is 0 Å². The molecular formula is C22H24. The van der Waals surface area contributed by atoms with Gasteiger partial charge in [-0.2, -0.15) is 0 Å². The van der Waals surface area contributed by atoms with Crippen LogP contribution in [0.4, 0.5) is 0 Å². The van der Waals surface area contributed by atoms with Crippen LogP contribution in [-0.2, 0) is 0 Å². The van der Waals surface area contributed by atoms with E-state index >= 15 is 0 Å². The SMILES string of the molecule is CCCCC1=C(C(c2ccccc2)c2ccccc2)CC=C1. The van der Waals surface area contributed by atoms with Crippen molar-refractivity contribution in [1.82, 2.24) is 0 Å². The zero-order chi connectivity index (χ0) is 15.2. The van der Waals surface area contributed by atoms with Crippen LogP contribution in [0.15, 0.2) is 84.0 Å². The van der Waals surface area contributed by atoms with Crippen molar-refractivity contribution in [3.05, 3.63) is 95.1 Å². The van der Waals surface area contributed by atoms with Crippen LogP contribution >= 0.6 is 0 Å². The highest BCUT2D eigenvalue weighted by Crippen LogP contribution is 2.39. The van der Waals surface area contributed by atoms with Crippen molar-refractivity contribution in [3.8, 4) is 0 Å². The average molecular weight is 288 g/mol. The summed E-state index contributed by atoms with van der Waals surface area (Å²) in [5.74, 6) is 0.393. The number of hydrogen-bond donors (Lipinski definition) is 0. The fraction of sp³-hybridized carbons (Fsp3) is 0.273. The molecule has 0 saturated carbocycles. The Balaban J connectivity index is 2.03. The third-order valence-corrected chi connectivity index (χ3v) is 4.48. The molecule has 22 heavy (non-hydrogen) atoms. The quantitative estimate of drug-likeness (QED) is 0.588. The molecule has 0 saturated heterocycles. The Labute approximate surface area is 134 Å². The largest absolute Gasteiger partial charge is 0.0801 e. The zero-order valence-electron chi connectivity index (χ0n) is 13.3. The van der Waals surface area contributed by atoms with Crippen molar-refractivity contribution in [3.63, 3.8) is 0 Å². The molecule has 0 atom stereocenters. The molecule has 0 amide bonds. The van der Waals surface area contributed by atoms with Crippen molar-refractivity contribution >= 4 is 0 Å². The van der Waals surface area contributed by atoms with Crippen LogP contribution < -0.4 is 0 Å². The smallest absolute Gasteiger partial charge is 0.0307 e. The van der Waals surface area contributed by atoms with E-state index in [9.17, 15) is 0 Å². The minimum atomic E-state index is 0.393. The Morgan fingerprint density at radius 1 is 0.864 bits per heavy atom. The van der Waals surface area contributed by atoms with Crippen molar-refractivity contribution in [2.24, 2.45) is 0 Å². The van der Waals surface area contributed by atoms with E-state index in [1.807, 2.05) is 0 Å². The van der Waals surface area contributed by atoms with Gasteiger partial charge in [-0.15, -0.1) is 0 Å². The van der Waals surface area contributed by atoms with Gasteiger partial charge in [-0.05, 0) is 36.0 Å². The third kappa shape index (κ3) is 3.22. The molecule has 0 unspecified atom stereocenters. The van der Waals surface area contributed by atoms with Gasteiger partial charge in [0.2, 0.25) is 0 Å². The normalized spacial score (nSPS) is 14.1. The zero-order valence-corrected chi connectivity index (χ0v) is 13.3. The molecule has 112 valence electrons. The Bertz CT molecular complexity index is 607. The summed E-state index contributed by atoms with van der Waals surface area (Å²) in [7, 11) is 0. The van der Waals surface area contributed by atoms with E-state index in [2.05, 4.69) is 79.7 Å². The lowest BCUT2D eigenvalue weighted by atomic mass is 9.82. The molecule has 0 spiro atoms. The van der Waals surface area contributed by atoms with Crippen molar-refractivity contribution in [2.75, 3.05) is 0 Å². The van der Waals surface area contributed by atoms with E-state index in [0.29, 0.717) is 5.92 Å². The Hall–Kier alpha value is -2.08. The molecule has 0 N–H and O–H groups in total. The fourth-order valence-electron chi connectivity index (χ4n) is 3.37. The lowest BCUT2D eigenvalue weighted by Crippen LogP contribution is -2.05. The molecule has 0 nitrogen and oxygen atoms in total. The summed E-state index contributed by atoms with van der Waals surface area (Å²) in [4.78, 5) is 0. The number of allylic oxidation sites excluding steroid dienone is 4. The molecule has 2 aromatic rings. The second-order valence-electron chi connectivity index (χ2n) is 6.01. The molecular weight excluding hydrogens is 264 g/mol. The Morgan fingerprint density at radius 3 is 2.00 bits per heavy atom. The molecule has 1 aliphatic rings. The molecule has 2 aromatic carbocycles. The van der Waals surface area contributed by atoms with Crippen molar-refractivity contribution in [1.29, 1.82) is 0 Å². The first kappa shape index (κ1) is 14.8. The van der Waals surface area contributed by atoms with Crippen molar-refractivity contribution in [2.45, 2.75) is 38.5 Å². The van der Waals surface area contributed by atoms with Crippen LogP contribution in [-0.4, -0.2) is 0 Å². The highest BCUT2D eigenvalue weighted by Gasteiger charge is 2.22. The van der Waals surface area contributed by atoms with E-state index in [0.717, 1.165) is 6.42 Å². The second kappa shape index (κ2) is 7.26. The van der Waals surface area contributed by atoms with Gasteiger partial charge < -0.3 is 0 Å². The summed E-state index contributed by atoms with van der Waals surface area (Å²) in [6.07, 6.45) is 9.51. The first-order valence-corrected chi connectivity index (χ1v) is 8.38. The standard InChI is InChI=1S/C22H24/c1-2-3-11-18-16-10-17-21(18)22(19-12-6-4-7-13-19)20-14-8-5-9-15-20/h4-10,12-16,22H,2-3,11,17H2,1H3. The number of hydrogen-bond acceptors (Lipinski definition) is 0. The first-order chi connectivity index (χ1) is 10.9. The average Bonchev–Trinajstić information content (AvgIpc) is 3.03.